The third-order valence-corrected chi connectivity index (χ3v) is 3.89. The average molecular weight is 230 g/mol. The van der Waals surface area contributed by atoms with E-state index < -0.39 is 0 Å². The topological polar surface area (TPSA) is 40.5 Å². The van der Waals surface area contributed by atoms with E-state index in [0.717, 1.165) is 0 Å². The van der Waals surface area contributed by atoms with Crippen LogP contribution < -0.4 is 0 Å². The van der Waals surface area contributed by atoms with Crippen LogP contribution in [0.2, 0.25) is 0 Å². The van der Waals surface area contributed by atoms with Gasteiger partial charge in [0.2, 0.25) is 0 Å². The minimum atomic E-state index is 0.226. The van der Waals surface area contributed by atoms with Gasteiger partial charge in [0.1, 0.15) is 0 Å². The molecule has 0 spiro atoms. The molecule has 2 nitrogen and oxygen atoms in total. The van der Waals surface area contributed by atoms with E-state index in [2.05, 4.69) is 41.5 Å². The van der Waals surface area contributed by atoms with Crippen LogP contribution in [0.5, 0.6) is 0 Å². The van der Waals surface area contributed by atoms with Crippen LogP contribution in [0, 0.1) is 35.5 Å². The predicted octanol–water partition coefficient (Wildman–Crippen LogP) is 2.79. The highest BCUT2D eigenvalue weighted by Crippen LogP contribution is 2.36. The van der Waals surface area contributed by atoms with Crippen molar-refractivity contribution in [3.8, 4) is 0 Å². The first-order valence-corrected chi connectivity index (χ1v) is 6.58. The summed E-state index contributed by atoms with van der Waals surface area (Å²) in [6.45, 7) is 13.5. The summed E-state index contributed by atoms with van der Waals surface area (Å²) in [4.78, 5) is 0. The number of aliphatic hydroxyl groups excluding tert-OH is 2. The Morgan fingerprint density at radius 3 is 1.06 bits per heavy atom. The molecule has 2 heteroatoms. The zero-order valence-electron chi connectivity index (χ0n) is 11.8. The normalized spacial score (nSPS) is 18.2. The van der Waals surface area contributed by atoms with Gasteiger partial charge in [0, 0.05) is 13.2 Å². The SMILES string of the molecule is CC(C)C(CO)C(C(C)C)C(CO)C(C)C. The second kappa shape index (κ2) is 7.29. The summed E-state index contributed by atoms with van der Waals surface area (Å²) in [6.07, 6.45) is 0. The summed E-state index contributed by atoms with van der Waals surface area (Å²) in [7, 11) is 0. The summed E-state index contributed by atoms with van der Waals surface area (Å²) >= 11 is 0. The summed E-state index contributed by atoms with van der Waals surface area (Å²) in [5.74, 6) is 2.41. The Morgan fingerprint density at radius 1 is 0.625 bits per heavy atom. The zero-order chi connectivity index (χ0) is 12.9. The van der Waals surface area contributed by atoms with Crippen molar-refractivity contribution in [3.63, 3.8) is 0 Å². The Hall–Kier alpha value is -0.0800. The van der Waals surface area contributed by atoms with Crippen LogP contribution in [-0.4, -0.2) is 23.4 Å². The van der Waals surface area contributed by atoms with E-state index in [1.807, 2.05) is 0 Å². The van der Waals surface area contributed by atoms with Gasteiger partial charge in [-0.25, -0.2) is 0 Å². The molecule has 0 aliphatic rings. The van der Waals surface area contributed by atoms with E-state index in [0.29, 0.717) is 35.5 Å². The lowest BCUT2D eigenvalue weighted by molar-refractivity contribution is 0.0220. The smallest absolute Gasteiger partial charge is 0.0464 e. The van der Waals surface area contributed by atoms with E-state index in [-0.39, 0.29) is 13.2 Å². The van der Waals surface area contributed by atoms with Gasteiger partial charge in [-0.3, -0.25) is 0 Å². The number of aliphatic hydroxyl groups is 2. The van der Waals surface area contributed by atoms with Crippen molar-refractivity contribution in [2.45, 2.75) is 41.5 Å². The molecule has 2 N–H and O–H groups in total. The number of hydrogen-bond acceptors (Lipinski definition) is 2. The fraction of sp³-hybridized carbons (Fsp3) is 1.00. The molecular weight excluding hydrogens is 200 g/mol. The van der Waals surface area contributed by atoms with Gasteiger partial charge in [-0.2, -0.15) is 0 Å². The zero-order valence-corrected chi connectivity index (χ0v) is 11.8. The monoisotopic (exact) mass is 230 g/mol. The molecule has 0 bridgehead atoms. The van der Waals surface area contributed by atoms with Crippen LogP contribution in [-0.2, 0) is 0 Å². The van der Waals surface area contributed by atoms with Crippen LogP contribution in [0.15, 0.2) is 0 Å². The molecule has 0 aromatic rings. The lowest BCUT2D eigenvalue weighted by atomic mass is 9.68. The highest BCUT2D eigenvalue weighted by molar-refractivity contribution is 4.82. The van der Waals surface area contributed by atoms with Crippen molar-refractivity contribution < 1.29 is 10.2 Å². The third-order valence-electron chi connectivity index (χ3n) is 3.89. The largest absolute Gasteiger partial charge is 0.396 e. The van der Waals surface area contributed by atoms with Crippen molar-refractivity contribution in [1.82, 2.24) is 0 Å². The second-order valence-electron chi connectivity index (χ2n) is 6.00. The number of rotatable bonds is 7. The van der Waals surface area contributed by atoms with Gasteiger partial charge >= 0.3 is 0 Å². The number of hydrogen-bond donors (Lipinski definition) is 2. The standard InChI is InChI=1S/C14H30O2/c1-9(2)12(7-15)14(11(5)6)13(8-16)10(3)4/h9-16H,7-8H2,1-6H3. The van der Waals surface area contributed by atoms with Crippen LogP contribution in [0.25, 0.3) is 0 Å². The maximum atomic E-state index is 9.56. The first-order valence-electron chi connectivity index (χ1n) is 6.58. The Labute approximate surface area is 101 Å². The van der Waals surface area contributed by atoms with Gasteiger partial charge in [-0.05, 0) is 35.5 Å². The fourth-order valence-electron chi connectivity index (χ4n) is 2.86. The van der Waals surface area contributed by atoms with Crippen molar-refractivity contribution in [2.24, 2.45) is 35.5 Å². The molecule has 0 aliphatic carbocycles. The molecule has 0 radical (unpaired) electrons. The van der Waals surface area contributed by atoms with Crippen LogP contribution in [0.4, 0.5) is 0 Å². The summed E-state index contributed by atoms with van der Waals surface area (Å²) in [6, 6.07) is 0. The summed E-state index contributed by atoms with van der Waals surface area (Å²) < 4.78 is 0. The Morgan fingerprint density at radius 2 is 0.938 bits per heavy atom. The van der Waals surface area contributed by atoms with Gasteiger partial charge in [0.05, 0.1) is 0 Å². The molecule has 0 fully saturated rings. The van der Waals surface area contributed by atoms with E-state index in [1.54, 1.807) is 0 Å². The summed E-state index contributed by atoms with van der Waals surface area (Å²) in [5.41, 5.74) is 0. The fourth-order valence-corrected chi connectivity index (χ4v) is 2.86. The molecule has 0 heterocycles. The Bertz CT molecular complexity index is 160. The maximum Gasteiger partial charge on any atom is 0.0464 e. The minimum absolute atomic E-state index is 0.226. The molecule has 0 saturated heterocycles. The molecular formula is C14H30O2. The molecule has 0 rings (SSSR count). The van der Waals surface area contributed by atoms with Gasteiger partial charge in [0.15, 0.2) is 0 Å². The van der Waals surface area contributed by atoms with Crippen molar-refractivity contribution in [2.75, 3.05) is 13.2 Å². The van der Waals surface area contributed by atoms with Gasteiger partial charge < -0.3 is 10.2 Å². The Kier molecular flexibility index (Phi) is 7.25. The van der Waals surface area contributed by atoms with Crippen molar-refractivity contribution in [1.29, 1.82) is 0 Å². The van der Waals surface area contributed by atoms with Gasteiger partial charge in [-0.15, -0.1) is 0 Å². The molecule has 0 aromatic heterocycles. The first-order chi connectivity index (χ1) is 7.36. The average Bonchev–Trinajstić information content (AvgIpc) is 2.16. The highest BCUT2D eigenvalue weighted by Gasteiger charge is 2.34. The van der Waals surface area contributed by atoms with E-state index in [4.69, 9.17) is 0 Å². The van der Waals surface area contributed by atoms with Crippen molar-refractivity contribution in [3.05, 3.63) is 0 Å². The molecule has 0 aromatic carbocycles. The molecule has 2 unspecified atom stereocenters. The third kappa shape index (κ3) is 4.06. The molecule has 0 amide bonds. The lowest BCUT2D eigenvalue weighted by Gasteiger charge is -2.39. The van der Waals surface area contributed by atoms with Crippen LogP contribution >= 0.6 is 0 Å². The van der Waals surface area contributed by atoms with Crippen molar-refractivity contribution >= 4 is 0 Å². The quantitative estimate of drug-likeness (QED) is 0.706. The molecule has 0 saturated carbocycles. The van der Waals surface area contributed by atoms with Gasteiger partial charge in [-0.1, -0.05) is 41.5 Å². The van der Waals surface area contributed by atoms with E-state index >= 15 is 0 Å². The Balaban J connectivity index is 4.95. The van der Waals surface area contributed by atoms with E-state index in [9.17, 15) is 10.2 Å². The maximum absolute atomic E-state index is 9.56. The molecule has 2 atom stereocenters. The first kappa shape index (κ1) is 15.9. The van der Waals surface area contributed by atoms with Crippen LogP contribution in [0.1, 0.15) is 41.5 Å². The predicted molar refractivity (Wildman–Crippen MR) is 69.2 cm³/mol. The lowest BCUT2D eigenvalue weighted by Crippen LogP contribution is -2.37. The molecule has 16 heavy (non-hydrogen) atoms. The molecule has 0 aliphatic heterocycles. The minimum Gasteiger partial charge on any atom is -0.396 e. The highest BCUT2D eigenvalue weighted by atomic mass is 16.3. The second-order valence-corrected chi connectivity index (χ2v) is 6.00. The molecule has 98 valence electrons. The van der Waals surface area contributed by atoms with Gasteiger partial charge in [0.25, 0.3) is 0 Å². The van der Waals surface area contributed by atoms with Crippen LogP contribution in [0.3, 0.4) is 0 Å². The summed E-state index contributed by atoms with van der Waals surface area (Å²) in [5, 5.41) is 19.1. The van der Waals surface area contributed by atoms with E-state index in [1.165, 1.54) is 0 Å².